The molecular formula is C18H24N4O2. The highest BCUT2D eigenvalue weighted by Crippen LogP contribution is 2.26. The Labute approximate surface area is 142 Å². The van der Waals surface area contributed by atoms with Crippen molar-refractivity contribution in [2.45, 2.75) is 25.2 Å². The average Bonchev–Trinajstić information content (AvgIpc) is 3.10. The Hall–Kier alpha value is -2.34. The van der Waals surface area contributed by atoms with Crippen LogP contribution in [0.15, 0.2) is 36.4 Å². The topological polar surface area (TPSA) is 84.2 Å². The number of benzene rings is 1. The maximum atomic E-state index is 11.2. The Morgan fingerprint density at radius 3 is 2.96 bits per heavy atom. The van der Waals surface area contributed by atoms with Crippen molar-refractivity contribution < 1.29 is 9.53 Å². The molecule has 1 aromatic carbocycles. The van der Waals surface area contributed by atoms with Crippen molar-refractivity contribution in [3.63, 3.8) is 0 Å². The molecule has 0 aliphatic carbocycles. The minimum absolute atomic E-state index is 0.318. The van der Waals surface area contributed by atoms with Gasteiger partial charge in [-0.2, -0.15) is 5.10 Å². The lowest BCUT2D eigenvalue weighted by molar-refractivity contribution is 0.0995. The highest BCUT2D eigenvalue weighted by Gasteiger charge is 2.23. The molecule has 0 unspecified atom stereocenters. The van der Waals surface area contributed by atoms with Crippen molar-refractivity contribution in [2.75, 3.05) is 26.2 Å². The van der Waals surface area contributed by atoms with Crippen LogP contribution in [0, 0.1) is 0 Å². The fourth-order valence-corrected chi connectivity index (χ4v) is 3.18. The second-order valence-corrected chi connectivity index (χ2v) is 6.23. The molecule has 6 heteroatoms. The standard InChI is InChI=1S/C18H24N4O2/c19-18(23)17-12-16(20-21-17)14-6-4-9-22(13-14)10-5-11-24-15-7-2-1-3-8-15/h1-3,7-8,12,14H,4-6,9-11,13H2,(H2,19,23)(H,20,21)/t14-/m0/s1. The van der Waals surface area contributed by atoms with E-state index in [4.69, 9.17) is 10.5 Å². The fourth-order valence-electron chi connectivity index (χ4n) is 3.18. The third-order valence-electron chi connectivity index (χ3n) is 4.43. The van der Waals surface area contributed by atoms with Crippen LogP contribution in [0.25, 0.3) is 0 Å². The van der Waals surface area contributed by atoms with E-state index in [1.807, 2.05) is 30.3 Å². The number of hydrogen-bond donors (Lipinski definition) is 2. The van der Waals surface area contributed by atoms with E-state index in [1.54, 1.807) is 6.07 Å². The molecule has 128 valence electrons. The zero-order valence-electron chi connectivity index (χ0n) is 13.8. The minimum Gasteiger partial charge on any atom is -0.494 e. The Morgan fingerprint density at radius 2 is 2.21 bits per heavy atom. The van der Waals surface area contributed by atoms with Gasteiger partial charge in [0.25, 0.3) is 5.91 Å². The van der Waals surface area contributed by atoms with Crippen molar-refractivity contribution in [3.05, 3.63) is 47.8 Å². The van der Waals surface area contributed by atoms with Crippen LogP contribution in [-0.2, 0) is 0 Å². The van der Waals surface area contributed by atoms with Crippen LogP contribution in [0.3, 0.4) is 0 Å². The van der Waals surface area contributed by atoms with Crippen LogP contribution in [0.5, 0.6) is 5.75 Å². The third kappa shape index (κ3) is 4.35. The number of primary amides is 1. The molecule has 6 nitrogen and oxygen atoms in total. The number of aromatic nitrogens is 2. The molecule has 1 amide bonds. The molecule has 1 saturated heterocycles. The fraction of sp³-hybridized carbons (Fsp3) is 0.444. The molecule has 24 heavy (non-hydrogen) atoms. The predicted octanol–water partition coefficient (Wildman–Crippen LogP) is 2.16. The van der Waals surface area contributed by atoms with E-state index in [1.165, 1.54) is 0 Å². The van der Waals surface area contributed by atoms with Crippen molar-refractivity contribution in [1.29, 1.82) is 0 Å². The van der Waals surface area contributed by atoms with E-state index < -0.39 is 5.91 Å². The Kier molecular flexibility index (Phi) is 5.48. The molecule has 3 rings (SSSR count). The van der Waals surface area contributed by atoms with Gasteiger partial charge in [-0.05, 0) is 44.0 Å². The van der Waals surface area contributed by atoms with E-state index in [-0.39, 0.29) is 0 Å². The van der Waals surface area contributed by atoms with Gasteiger partial charge in [-0.3, -0.25) is 9.89 Å². The van der Waals surface area contributed by atoms with Gasteiger partial charge in [0, 0.05) is 24.7 Å². The summed E-state index contributed by atoms with van der Waals surface area (Å²) in [5.74, 6) is 0.822. The minimum atomic E-state index is -0.483. The second-order valence-electron chi connectivity index (χ2n) is 6.23. The number of nitrogens with zero attached hydrogens (tertiary/aromatic N) is 2. The molecule has 1 aliphatic heterocycles. The average molecular weight is 328 g/mol. The molecule has 2 heterocycles. The molecule has 0 spiro atoms. The van der Waals surface area contributed by atoms with E-state index >= 15 is 0 Å². The molecule has 3 N–H and O–H groups in total. The third-order valence-corrected chi connectivity index (χ3v) is 4.43. The van der Waals surface area contributed by atoms with Crippen molar-refractivity contribution >= 4 is 5.91 Å². The lowest BCUT2D eigenvalue weighted by Gasteiger charge is -2.32. The number of amides is 1. The lowest BCUT2D eigenvalue weighted by atomic mass is 9.94. The lowest BCUT2D eigenvalue weighted by Crippen LogP contribution is -2.35. The molecule has 1 atom stereocenters. The smallest absolute Gasteiger partial charge is 0.269 e. The summed E-state index contributed by atoms with van der Waals surface area (Å²) in [5, 5.41) is 6.95. The van der Waals surface area contributed by atoms with E-state index in [0.29, 0.717) is 11.6 Å². The van der Waals surface area contributed by atoms with Crippen LogP contribution in [0.2, 0.25) is 0 Å². The molecule has 1 aliphatic rings. The van der Waals surface area contributed by atoms with E-state index in [0.717, 1.165) is 56.9 Å². The first kappa shape index (κ1) is 16.5. The summed E-state index contributed by atoms with van der Waals surface area (Å²) >= 11 is 0. The number of likely N-dealkylation sites (tertiary alicyclic amines) is 1. The molecular weight excluding hydrogens is 304 g/mol. The Morgan fingerprint density at radius 1 is 1.38 bits per heavy atom. The van der Waals surface area contributed by atoms with Crippen LogP contribution in [0.1, 0.15) is 41.4 Å². The molecule has 0 bridgehead atoms. The van der Waals surface area contributed by atoms with Crippen molar-refractivity contribution in [3.8, 4) is 5.75 Å². The molecule has 0 radical (unpaired) electrons. The van der Waals surface area contributed by atoms with Gasteiger partial charge in [0.15, 0.2) is 0 Å². The summed E-state index contributed by atoms with van der Waals surface area (Å²) in [6.45, 7) is 3.82. The highest BCUT2D eigenvalue weighted by molar-refractivity contribution is 5.90. The maximum absolute atomic E-state index is 11.2. The quantitative estimate of drug-likeness (QED) is 0.763. The number of carbonyl (C=O) groups excluding carboxylic acids is 1. The SMILES string of the molecule is NC(=O)c1cc([C@H]2CCCN(CCCOc3ccccc3)C2)[nH]n1. The first-order chi connectivity index (χ1) is 11.7. The van der Waals surface area contributed by atoms with Gasteiger partial charge in [-0.1, -0.05) is 18.2 Å². The number of rotatable bonds is 7. The first-order valence-electron chi connectivity index (χ1n) is 8.47. The van der Waals surface area contributed by atoms with Crippen LogP contribution in [0.4, 0.5) is 0 Å². The van der Waals surface area contributed by atoms with Gasteiger partial charge in [0.05, 0.1) is 6.61 Å². The van der Waals surface area contributed by atoms with Gasteiger partial charge in [-0.15, -0.1) is 0 Å². The largest absolute Gasteiger partial charge is 0.494 e. The van der Waals surface area contributed by atoms with Gasteiger partial charge in [-0.25, -0.2) is 0 Å². The number of para-hydroxylation sites is 1. The maximum Gasteiger partial charge on any atom is 0.269 e. The summed E-state index contributed by atoms with van der Waals surface area (Å²) in [4.78, 5) is 13.6. The number of ether oxygens (including phenoxy) is 1. The summed E-state index contributed by atoms with van der Waals surface area (Å²) in [6, 6.07) is 11.7. The number of hydrogen-bond acceptors (Lipinski definition) is 4. The monoisotopic (exact) mass is 328 g/mol. The van der Waals surface area contributed by atoms with Crippen LogP contribution in [-0.4, -0.2) is 47.2 Å². The summed E-state index contributed by atoms with van der Waals surface area (Å²) < 4.78 is 5.74. The molecule has 1 aromatic heterocycles. The van der Waals surface area contributed by atoms with Gasteiger partial charge >= 0.3 is 0 Å². The number of nitrogens with one attached hydrogen (secondary N) is 1. The van der Waals surface area contributed by atoms with Gasteiger partial charge in [0.1, 0.15) is 11.4 Å². The van der Waals surface area contributed by atoms with Crippen LogP contribution < -0.4 is 10.5 Å². The predicted molar refractivity (Wildman–Crippen MR) is 92.1 cm³/mol. The highest BCUT2D eigenvalue weighted by atomic mass is 16.5. The Bertz CT molecular complexity index is 656. The van der Waals surface area contributed by atoms with E-state index in [9.17, 15) is 4.79 Å². The number of aromatic amines is 1. The summed E-state index contributed by atoms with van der Waals surface area (Å²) in [6.07, 6.45) is 3.25. The van der Waals surface area contributed by atoms with Gasteiger partial charge < -0.3 is 15.4 Å². The first-order valence-corrected chi connectivity index (χ1v) is 8.47. The van der Waals surface area contributed by atoms with Gasteiger partial charge in [0.2, 0.25) is 0 Å². The summed E-state index contributed by atoms with van der Waals surface area (Å²) in [7, 11) is 0. The number of carbonyl (C=O) groups is 1. The summed E-state index contributed by atoms with van der Waals surface area (Å²) in [5.41, 5.74) is 6.59. The molecule has 1 fully saturated rings. The van der Waals surface area contributed by atoms with Crippen LogP contribution >= 0.6 is 0 Å². The van der Waals surface area contributed by atoms with Crippen molar-refractivity contribution in [2.24, 2.45) is 5.73 Å². The van der Waals surface area contributed by atoms with E-state index in [2.05, 4.69) is 15.1 Å². The zero-order valence-corrected chi connectivity index (χ0v) is 13.8. The second kappa shape index (κ2) is 7.97. The number of nitrogens with two attached hydrogens (primary N) is 1. The molecule has 0 saturated carbocycles. The normalized spacial score (nSPS) is 18.4. The van der Waals surface area contributed by atoms with Crippen molar-refractivity contribution in [1.82, 2.24) is 15.1 Å². The number of H-pyrrole nitrogens is 1. The number of piperidine rings is 1. The Balaban J connectivity index is 1.44. The zero-order chi connectivity index (χ0) is 16.8. The molecule has 2 aromatic rings.